The number of ketones is 1. The molecule has 0 aromatic rings. The Morgan fingerprint density at radius 1 is 1.39 bits per heavy atom. The van der Waals surface area contributed by atoms with Crippen LogP contribution in [0.5, 0.6) is 0 Å². The number of carbonyl (C=O) groups excluding carboxylic acids is 3. The zero-order valence-corrected chi connectivity index (χ0v) is 10.3. The molecule has 0 bridgehead atoms. The molecule has 0 aromatic carbocycles. The Morgan fingerprint density at radius 2 is 2.00 bits per heavy atom. The first-order valence-corrected chi connectivity index (χ1v) is 5.65. The zero-order valence-electron chi connectivity index (χ0n) is 10.3. The Bertz CT molecular complexity index is 406. The molecule has 2 atom stereocenters. The minimum Gasteiger partial charge on any atom is -0.480 e. The van der Waals surface area contributed by atoms with Crippen LogP contribution in [0.1, 0.15) is 33.1 Å². The molecule has 1 aliphatic rings. The van der Waals surface area contributed by atoms with Gasteiger partial charge < -0.3 is 15.7 Å². The highest BCUT2D eigenvalue weighted by Crippen LogP contribution is 2.16. The van der Waals surface area contributed by atoms with E-state index in [0.717, 1.165) is 0 Å². The highest BCUT2D eigenvalue weighted by molar-refractivity contribution is 6.13. The maximum Gasteiger partial charge on any atom is 0.325 e. The van der Waals surface area contributed by atoms with Gasteiger partial charge in [0, 0.05) is 12.8 Å². The van der Waals surface area contributed by atoms with Crippen molar-refractivity contribution in [2.75, 3.05) is 0 Å². The zero-order chi connectivity index (χ0) is 13.9. The Balaban J connectivity index is 2.88. The van der Waals surface area contributed by atoms with E-state index >= 15 is 0 Å². The number of hydrogen-bond donors (Lipinski definition) is 3. The van der Waals surface area contributed by atoms with E-state index in [1.54, 1.807) is 0 Å². The summed E-state index contributed by atoms with van der Waals surface area (Å²) in [5, 5.41) is 13.2. The van der Waals surface area contributed by atoms with Gasteiger partial charge in [0.25, 0.3) is 5.91 Å². The van der Waals surface area contributed by atoms with Gasteiger partial charge in [-0.1, -0.05) is 0 Å². The first-order valence-electron chi connectivity index (χ1n) is 5.65. The smallest absolute Gasteiger partial charge is 0.325 e. The summed E-state index contributed by atoms with van der Waals surface area (Å²) in [6, 6.07) is -1.12. The van der Waals surface area contributed by atoms with Gasteiger partial charge in [-0.3, -0.25) is 19.2 Å². The third kappa shape index (κ3) is 2.85. The van der Waals surface area contributed by atoms with E-state index in [0.29, 0.717) is 6.42 Å². The number of amides is 2. The SMILES string of the molecule is C[C@H](NC(=O)[C@]1(C)NC(=O)CCCC1=O)C(=O)O. The first-order chi connectivity index (χ1) is 8.27. The van der Waals surface area contributed by atoms with E-state index < -0.39 is 29.2 Å². The molecule has 0 aliphatic carbocycles. The van der Waals surface area contributed by atoms with Gasteiger partial charge in [0.05, 0.1) is 0 Å². The molecule has 1 fully saturated rings. The van der Waals surface area contributed by atoms with Gasteiger partial charge in [-0.05, 0) is 20.3 Å². The van der Waals surface area contributed by atoms with Crippen molar-refractivity contribution in [1.29, 1.82) is 0 Å². The molecule has 0 aromatic heterocycles. The van der Waals surface area contributed by atoms with Crippen LogP contribution in [0.3, 0.4) is 0 Å². The molecule has 1 rings (SSSR count). The molecule has 0 unspecified atom stereocenters. The maximum absolute atomic E-state index is 11.9. The molecule has 3 N–H and O–H groups in total. The van der Waals surface area contributed by atoms with Crippen LogP contribution in [0.25, 0.3) is 0 Å². The van der Waals surface area contributed by atoms with E-state index in [4.69, 9.17) is 5.11 Å². The molecule has 1 saturated heterocycles. The summed E-state index contributed by atoms with van der Waals surface area (Å²) in [6.45, 7) is 2.58. The largest absolute Gasteiger partial charge is 0.480 e. The predicted molar refractivity (Wildman–Crippen MR) is 60.6 cm³/mol. The Hall–Kier alpha value is -1.92. The van der Waals surface area contributed by atoms with Crippen molar-refractivity contribution in [2.45, 2.75) is 44.7 Å². The second-order valence-electron chi connectivity index (χ2n) is 4.48. The van der Waals surface area contributed by atoms with E-state index in [9.17, 15) is 19.2 Å². The molecule has 2 amide bonds. The van der Waals surface area contributed by atoms with Crippen molar-refractivity contribution < 1.29 is 24.3 Å². The maximum atomic E-state index is 11.9. The normalized spacial score (nSPS) is 25.9. The molecule has 0 radical (unpaired) electrons. The molecule has 7 heteroatoms. The second-order valence-corrected chi connectivity index (χ2v) is 4.48. The van der Waals surface area contributed by atoms with Crippen molar-refractivity contribution in [3.05, 3.63) is 0 Å². The fraction of sp³-hybridized carbons (Fsp3) is 0.636. The van der Waals surface area contributed by atoms with Crippen LogP contribution in [0.15, 0.2) is 0 Å². The van der Waals surface area contributed by atoms with Gasteiger partial charge >= 0.3 is 5.97 Å². The third-order valence-corrected chi connectivity index (χ3v) is 2.93. The lowest BCUT2D eigenvalue weighted by atomic mass is 9.93. The van der Waals surface area contributed by atoms with Crippen molar-refractivity contribution in [3.63, 3.8) is 0 Å². The summed E-state index contributed by atoms with van der Waals surface area (Å²) in [7, 11) is 0. The molecule has 18 heavy (non-hydrogen) atoms. The molecule has 0 saturated carbocycles. The summed E-state index contributed by atoms with van der Waals surface area (Å²) < 4.78 is 0. The average Bonchev–Trinajstić information content (AvgIpc) is 2.39. The summed E-state index contributed by atoms with van der Waals surface area (Å²) >= 11 is 0. The number of carboxylic acids is 1. The molecule has 7 nitrogen and oxygen atoms in total. The van der Waals surface area contributed by atoms with Gasteiger partial charge in [0.1, 0.15) is 6.04 Å². The molecular formula is C11H16N2O5. The Labute approximate surface area is 104 Å². The number of nitrogens with one attached hydrogen (secondary N) is 2. The topological polar surface area (TPSA) is 113 Å². The van der Waals surface area contributed by atoms with Crippen LogP contribution in [0.2, 0.25) is 0 Å². The standard InChI is InChI=1S/C11H16N2O5/c1-6(9(16)17)12-10(18)11(2)7(14)4-3-5-8(15)13-11/h6H,3-5H2,1-2H3,(H,12,18)(H,13,15)(H,16,17)/t6-,11+/m0/s1. The van der Waals surface area contributed by atoms with Crippen molar-refractivity contribution >= 4 is 23.6 Å². The fourth-order valence-corrected chi connectivity index (χ4v) is 1.66. The van der Waals surface area contributed by atoms with Crippen molar-refractivity contribution in [1.82, 2.24) is 10.6 Å². The highest BCUT2D eigenvalue weighted by atomic mass is 16.4. The number of carboxylic acid groups (broad SMARTS) is 1. The molecule has 100 valence electrons. The van der Waals surface area contributed by atoms with Crippen molar-refractivity contribution in [3.8, 4) is 0 Å². The van der Waals surface area contributed by atoms with Crippen LogP contribution in [0.4, 0.5) is 0 Å². The number of aliphatic carboxylic acids is 1. The highest BCUT2D eigenvalue weighted by Gasteiger charge is 2.43. The summed E-state index contributed by atoms with van der Waals surface area (Å²) in [4.78, 5) is 45.8. The quantitative estimate of drug-likeness (QED) is 0.572. The van der Waals surface area contributed by atoms with Crippen molar-refractivity contribution in [2.24, 2.45) is 0 Å². The van der Waals surface area contributed by atoms with Gasteiger partial charge in [-0.2, -0.15) is 0 Å². The van der Waals surface area contributed by atoms with Gasteiger partial charge in [0.15, 0.2) is 11.3 Å². The van der Waals surface area contributed by atoms with E-state index in [-0.39, 0.29) is 18.7 Å². The fourth-order valence-electron chi connectivity index (χ4n) is 1.66. The second kappa shape index (κ2) is 5.16. The lowest BCUT2D eigenvalue weighted by Crippen LogP contribution is -2.62. The van der Waals surface area contributed by atoms with E-state index in [1.165, 1.54) is 13.8 Å². The van der Waals surface area contributed by atoms with Crippen LogP contribution in [-0.2, 0) is 19.2 Å². The average molecular weight is 256 g/mol. The molecular weight excluding hydrogens is 240 g/mol. The minimum atomic E-state index is -1.68. The number of hydrogen-bond acceptors (Lipinski definition) is 4. The van der Waals surface area contributed by atoms with Crippen LogP contribution < -0.4 is 10.6 Å². The summed E-state index contributed by atoms with van der Waals surface area (Å²) in [6.07, 6.45) is 0.690. The van der Waals surface area contributed by atoms with Crippen LogP contribution in [-0.4, -0.2) is 40.3 Å². The van der Waals surface area contributed by atoms with Gasteiger partial charge in [-0.25, -0.2) is 0 Å². The van der Waals surface area contributed by atoms with Gasteiger partial charge in [-0.15, -0.1) is 0 Å². The molecule has 1 aliphatic heterocycles. The number of carbonyl (C=O) groups is 4. The van der Waals surface area contributed by atoms with Gasteiger partial charge in [0.2, 0.25) is 5.91 Å². The third-order valence-electron chi connectivity index (χ3n) is 2.93. The number of rotatable bonds is 3. The Morgan fingerprint density at radius 3 is 2.56 bits per heavy atom. The monoisotopic (exact) mass is 256 g/mol. The predicted octanol–water partition coefficient (Wildman–Crippen LogP) is -0.796. The minimum absolute atomic E-state index is 0.115. The lowest BCUT2D eigenvalue weighted by Gasteiger charge is -2.27. The van der Waals surface area contributed by atoms with E-state index in [1.807, 2.05) is 0 Å². The molecule has 0 spiro atoms. The lowest BCUT2D eigenvalue weighted by molar-refractivity contribution is -0.145. The first kappa shape index (κ1) is 14.1. The number of Topliss-reactive ketones (excluding diaryl/α,β-unsaturated/α-hetero) is 1. The van der Waals surface area contributed by atoms with Crippen LogP contribution >= 0.6 is 0 Å². The summed E-state index contributed by atoms with van der Waals surface area (Å²) in [5.41, 5.74) is -1.68. The van der Waals surface area contributed by atoms with E-state index in [2.05, 4.69) is 10.6 Å². The molecule has 1 heterocycles. The Kier molecular flexibility index (Phi) is 4.05. The summed E-state index contributed by atoms with van der Waals surface area (Å²) in [5.74, 6) is -2.80. The van der Waals surface area contributed by atoms with Crippen LogP contribution in [0, 0.1) is 0 Å².